The summed E-state index contributed by atoms with van der Waals surface area (Å²) in [5, 5.41) is 3.45. The molecule has 0 bridgehead atoms. The smallest absolute Gasteiger partial charge is 0.339 e. The molecule has 0 radical (unpaired) electrons. The predicted octanol–water partition coefficient (Wildman–Crippen LogP) is 4.30. The number of methoxy groups -OCH3 is 1. The van der Waals surface area contributed by atoms with Gasteiger partial charge in [0, 0.05) is 11.1 Å². The summed E-state index contributed by atoms with van der Waals surface area (Å²) in [5.41, 5.74) is 3.30. The Bertz CT molecular complexity index is 1060. The van der Waals surface area contributed by atoms with Gasteiger partial charge in [0.2, 0.25) is 0 Å². The zero-order chi connectivity index (χ0) is 21.0. The van der Waals surface area contributed by atoms with Crippen LogP contribution in [0.1, 0.15) is 35.5 Å². The maximum atomic E-state index is 13.0. The van der Waals surface area contributed by atoms with E-state index in [4.69, 9.17) is 9.47 Å². The molecule has 1 atom stereocenters. The molecule has 1 heterocycles. The minimum absolute atomic E-state index is 0.436. The Morgan fingerprint density at radius 3 is 2.52 bits per heavy atom. The second kappa shape index (κ2) is 8.73. The van der Waals surface area contributed by atoms with Crippen LogP contribution in [-0.4, -0.2) is 30.1 Å². The van der Waals surface area contributed by atoms with E-state index < -0.39 is 18.0 Å². The number of aromatic nitrogens is 1. The molecule has 0 aliphatic carbocycles. The maximum Gasteiger partial charge on any atom is 0.339 e. The number of carbonyl (C=O) groups excluding carboxylic acids is 2. The minimum Gasteiger partial charge on any atom is -0.495 e. The molecule has 0 aliphatic rings. The number of fused-ring (bicyclic) bond motifs is 1. The summed E-state index contributed by atoms with van der Waals surface area (Å²) in [7, 11) is 1.52. The standard InChI is InChI=1S/C23H24N2O4/c1-5-17-14(2)21(16-10-6-7-11-18(16)24-17)23(27)29-15(3)22(26)25-19-12-8-9-13-20(19)28-4/h6-13,15H,5H2,1-4H3,(H,25,26)/t15-/m1/s1. The second-order valence-electron chi connectivity index (χ2n) is 6.67. The molecule has 29 heavy (non-hydrogen) atoms. The van der Waals surface area contributed by atoms with Crippen molar-refractivity contribution >= 4 is 28.5 Å². The molecule has 1 N–H and O–H groups in total. The highest BCUT2D eigenvalue weighted by atomic mass is 16.5. The number of ether oxygens (including phenoxy) is 2. The van der Waals surface area contributed by atoms with Gasteiger partial charge in [-0.1, -0.05) is 37.3 Å². The number of carbonyl (C=O) groups is 2. The first kappa shape index (κ1) is 20.3. The molecule has 2 aromatic carbocycles. The first-order valence-corrected chi connectivity index (χ1v) is 9.49. The fraction of sp³-hybridized carbons (Fsp3) is 0.261. The van der Waals surface area contributed by atoms with E-state index in [2.05, 4.69) is 10.3 Å². The van der Waals surface area contributed by atoms with Crippen LogP contribution in [0.25, 0.3) is 10.9 Å². The van der Waals surface area contributed by atoms with Crippen molar-refractivity contribution in [2.75, 3.05) is 12.4 Å². The Labute approximate surface area is 169 Å². The van der Waals surface area contributed by atoms with Crippen molar-refractivity contribution in [1.82, 2.24) is 4.98 Å². The molecular weight excluding hydrogens is 368 g/mol. The minimum atomic E-state index is -0.983. The van der Waals surface area contributed by atoms with Crippen molar-refractivity contribution < 1.29 is 19.1 Å². The third-order valence-electron chi connectivity index (χ3n) is 4.79. The first-order valence-electron chi connectivity index (χ1n) is 9.49. The molecule has 0 spiro atoms. The molecule has 0 unspecified atom stereocenters. The van der Waals surface area contributed by atoms with Gasteiger partial charge in [0.05, 0.1) is 23.9 Å². The second-order valence-corrected chi connectivity index (χ2v) is 6.67. The Morgan fingerprint density at radius 1 is 1.10 bits per heavy atom. The molecule has 1 aromatic heterocycles. The van der Waals surface area contributed by atoms with Gasteiger partial charge in [0.1, 0.15) is 5.75 Å². The summed E-state index contributed by atoms with van der Waals surface area (Å²) in [4.78, 5) is 30.2. The number of esters is 1. The van der Waals surface area contributed by atoms with Gasteiger partial charge in [0.15, 0.2) is 6.10 Å². The third kappa shape index (κ3) is 4.21. The molecule has 150 valence electrons. The lowest BCUT2D eigenvalue weighted by atomic mass is 10.0. The van der Waals surface area contributed by atoms with Crippen molar-refractivity contribution in [1.29, 1.82) is 0 Å². The van der Waals surface area contributed by atoms with Crippen molar-refractivity contribution in [2.45, 2.75) is 33.3 Å². The number of nitrogens with one attached hydrogen (secondary N) is 1. The normalized spacial score (nSPS) is 11.7. The van der Waals surface area contributed by atoms with E-state index >= 15 is 0 Å². The topological polar surface area (TPSA) is 77.5 Å². The van der Waals surface area contributed by atoms with Gasteiger partial charge in [-0.05, 0) is 44.0 Å². The number of amides is 1. The van der Waals surface area contributed by atoms with E-state index in [0.29, 0.717) is 28.8 Å². The molecular formula is C23H24N2O4. The van der Waals surface area contributed by atoms with Crippen LogP contribution in [0.4, 0.5) is 5.69 Å². The number of rotatable bonds is 6. The monoisotopic (exact) mass is 392 g/mol. The molecule has 6 nitrogen and oxygen atoms in total. The van der Waals surface area contributed by atoms with Gasteiger partial charge < -0.3 is 14.8 Å². The summed E-state index contributed by atoms with van der Waals surface area (Å²) in [6, 6.07) is 14.5. The van der Waals surface area contributed by atoms with Gasteiger partial charge in [0.25, 0.3) is 5.91 Å². The lowest BCUT2D eigenvalue weighted by Gasteiger charge is -2.17. The molecule has 3 aromatic rings. The fourth-order valence-electron chi connectivity index (χ4n) is 3.22. The highest BCUT2D eigenvalue weighted by molar-refractivity contribution is 6.06. The van der Waals surface area contributed by atoms with Crippen LogP contribution >= 0.6 is 0 Å². The lowest BCUT2D eigenvalue weighted by Crippen LogP contribution is -2.30. The molecule has 0 aliphatic heterocycles. The van der Waals surface area contributed by atoms with Crippen molar-refractivity contribution in [3.8, 4) is 5.75 Å². The van der Waals surface area contributed by atoms with Crippen LogP contribution in [0, 0.1) is 6.92 Å². The Morgan fingerprint density at radius 2 is 1.79 bits per heavy atom. The van der Waals surface area contributed by atoms with Crippen molar-refractivity contribution in [3.63, 3.8) is 0 Å². The number of pyridine rings is 1. The van der Waals surface area contributed by atoms with Crippen molar-refractivity contribution in [3.05, 3.63) is 65.4 Å². The summed E-state index contributed by atoms with van der Waals surface area (Å²) in [5.74, 6) is -0.448. The van der Waals surface area contributed by atoms with Gasteiger partial charge >= 0.3 is 5.97 Å². The van der Waals surface area contributed by atoms with Crippen LogP contribution in [0.15, 0.2) is 48.5 Å². The van der Waals surface area contributed by atoms with Gasteiger partial charge in [-0.25, -0.2) is 4.79 Å². The predicted molar refractivity (Wildman–Crippen MR) is 112 cm³/mol. The average molecular weight is 392 g/mol. The molecule has 3 rings (SSSR count). The first-order chi connectivity index (χ1) is 14.0. The number of hydrogen-bond donors (Lipinski definition) is 1. The quantitative estimate of drug-likeness (QED) is 0.633. The van der Waals surface area contributed by atoms with E-state index in [1.54, 1.807) is 31.2 Å². The number of benzene rings is 2. The highest BCUT2D eigenvalue weighted by Gasteiger charge is 2.24. The Hall–Kier alpha value is -3.41. The maximum absolute atomic E-state index is 13.0. The number of anilines is 1. The van der Waals surface area contributed by atoms with E-state index in [0.717, 1.165) is 16.8 Å². The molecule has 1 amide bonds. The molecule has 0 fully saturated rings. The number of aryl methyl sites for hydroxylation is 1. The van der Waals surface area contributed by atoms with Gasteiger partial charge in [-0.15, -0.1) is 0 Å². The van der Waals surface area contributed by atoms with E-state index in [9.17, 15) is 9.59 Å². The SMILES string of the molecule is CCc1nc2ccccc2c(C(=O)O[C@H](C)C(=O)Nc2ccccc2OC)c1C. The fourth-order valence-corrected chi connectivity index (χ4v) is 3.22. The number of para-hydroxylation sites is 3. The number of hydrogen-bond acceptors (Lipinski definition) is 5. The Kier molecular flexibility index (Phi) is 6.12. The van der Waals surface area contributed by atoms with E-state index in [1.807, 2.05) is 38.1 Å². The summed E-state index contributed by atoms with van der Waals surface area (Å²) >= 11 is 0. The highest BCUT2D eigenvalue weighted by Crippen LogP contribution is 2.26. The summed E-state index contributed by atoms with van der Waals surface area (Å²) in [6.07, 6.45) is -0.287. The van der Waals surface area contributed by atoms with Crippen LogP contribution in [0.2, 0.25) is 0 Å². The molecule has 6 heteroatoms. The van der Waals surface area contributed by atoms with Crippen molar-refractivity contribution in [2.24, 2.45) is 0 Å². The number of nitrogens with zero attached hydrogens (tertiary/aromatic N) is 1. The van der Waals surface area contributed by atoms with Crippen LogP contribution in [0.3, 0.4) is 0 Å². The van der Waals surface area contributed by atoms with Crippen LogP contribution < -0.4 is 10.1 Å². The Balaban J connectivity index is 1.84. The molecule has 0 saturated heterocycles. The zero-order valence-electron chi connectivity index (χ0n) is 17.0. The largest absolute Gasteiger partial charge is 0.495 e. The van der Waals surface area contributed by atoms with Crippen LogP contribution in [-0.2, 0) is 16.0 Å². The summed E-state index contributed by atoms with van der Waals surface area (Å²) in [6.45, 7) is 5.39. The third-order valence-corrected chi connectivity index (χ3v) is 4.79. The van der Waals surface area contributed by atoms with Crippen LogP contribution in [0.5, 0.6) is 5.75 Å². The van der Waals surface area contributed by atoms with E-state index in [1.165, 1.54) is 7.11 Å². The van der Waals surface area contributed by atoms with Gasteiger partial charge in [-0.3, -0.25) is 9.78 Å². The molecule has 0 saturated carbocycles. The average Bonchev–Trinajstić information content (AvgIpc) is 2.73. The zero-order valence-corrected chi connectivity index (χ0v) is 17.0. The van der Waals surface area contributed by atoms with E-state index in [-0.39, 0.29) is 0 Å². The van der Waals surface area contributed by atoms with Gasteiger partial charge in [-0.2, -0.15) is 0 Å². The summed E-state index contributed by atoms with van der Waals surface area (Å²) < 4.78 is 10.7. The lowest BCUT2D eigenvalue weighted by molar-refractivity contribution is -0.123.